The summed E-state index contributed by atoms with van der Waals surface area (Å²) in [5.41, 5.74) is 1.33. The molecule has 0 amide bonds. The fourth-order valence-corrected chi connectivity index (χ4v) is 3.49. The van der Waals surface area contributed by atoms with Crippen LogP contribution in [0, 0.1) is 5.82 Å². The first-order chi connectivity index (χ1) is 15.5. The number of esters is 1. The van der Waals surface area contributed by atoms with E-state index in [1.165, 1.54) is 12.1 Å². The molecule has 0 aliphatic carbocycles. The van der Waals surface area contributed by atoms with Gasteiger partial charge >= 0.3 is 5.97 Å². The maximum atomic E-state index is 13.3. The van der Waals surface area contributed by atoms with Crippen molar-refractivity contribution < 1.29 is 23.1 Å². The van der Waals surface area contributed by atoms with Gasteiger partial charge in [-0.1, -0.05) is 40.2 Å². The monoisotopic (exact) mass is 496 g/mol. The molecule has 5 nitrogen and oxygen atoms in total. The highest BCUT2D eigenvalue weighted by atomic mass is 79.9. The van der Waals surface area contributed by atoms with Crippen LogP contribution in [0.25, 0.3) is 22.1 Å². The Balaban J connectivity index is 1.76. The summed E-state index contributed by atoms with van der Waals surface area (Å²) < 4.78 is 30.6. The predicted octanol–water partition coefficient (Wildman–Crippen LogP) is 6.12. The number of carbonyl (C=O) groups excluding carboxylic acids is 1. The largest absolute Gasteiger partial charge is 0.489 e. The molecule has 4 rings (SSSR count). The Kier molecular flexibility index (Phi) is 6.37. The van der Waals surface area contributed by atoms with E-state index in [1.54, 1.807) is 61.5 Å². The van der Waals surface area contributed by atoms with E-state index in [4.69, 9.17) is 13.9 Å². The fourth-order valence-electron chi connectivity index (χ4n) is 3.23. The molecule has 0 bridgehead atoms. The second-order valence-electron chi connectivity index (χ2n) is 6.94. The number of rotatable bonds is 6. The van der Waals surface area contributed by atoms with Gasteiger partial charge in [-0.15, -0.1) is 0 Å². The summed E-state index contributed by atoms with van der Waals surface area (Å²) in [6, 6.07) is 17.8. The quantitative estimate of drug-likeness (QED) is 0.301. The Morgan fingerprint density at radius 1 is 1.03 bits per heavy atom. The lowest BCUT2D eigenvalue weighted by Gasteiger charge is -2.11. The highest BCUT2D eigenvalue weighted by molar-refractivity contribution is 9.10. The number of halogens is 2. The molecule has 1 aromatic heterocycles. The molecule has 0 aliphatic rings. The standard InChI is InChI=1S/C25H18BrFO5/c1-2-30-25(29)24-22(16-5-7-17(26)8-6-16)23(28)20-12-11-19(13-21(20)32-24)31-14-15-3-9-18(27)10-4-15/h3-13H,2,14H2,1H3. The third-order valence-corrected chi connectivity index (χ3v) is 5.30. The summed E-state index contributed by atoms with van der Waals surface area (Å²) in [5.74, 6) is -0.769. The van der Waals surface area contributed by atoms with Gasteiger partial charge in [0.05, 0.1) is 17.6 Å². The first kappa shape index (κ1) is 21.8. The molecule has 32 heavy (non-hydrogen) atoms. The van der Waals surface area contributed by atoms with E-state index in [9.17, 15) is 14.0 Å². The maximum absolute atomic E-state index is 13.3. The van der Waals surface area contributed by atoms with Crippen LogP contribution in [0.1, 0.15) is 23.0 Å². The summed E-state index contributed by atoms with van der Waals surface area (Å²) in [5, 5.41) is 0.310. The molecule has 0 saturated carbocycles. The molecule has 0 N–H and O–H groups in total. The topological polar surface area (TPSA) is 65.7 Å². The number of fused-ring (bicyclic) bond motifs is 1. The molecule has 0 saturated heterocycles. The summed E-state index contributed by atoms with van der Waals surface area (Å²) in [6.07, 6.45) is 0. The number of hydrogen-bond acceptors (Lipinski definition) is 5. The SMILES string of the molecule is CCOC(=O)c1oc2cc(OCc3ccc(F)cc3)ccc2c(=O)c1-c1ccc(Br)cc1. The van der Waals surface area contributed by atoms with E-state index in [0.717, 1.165) is 10.0 Å². The van der Waals surface area contributed by atoms with E-state index >= 15 is 0 Å². The molecule has 0 fully saturated rings. The van der Waals surface area contributed by atoms with E-state index in [0.29, 0.717) is 16.7 Å². The molecule has 4 aromatic rings. The van der Waals surface area contributed by atoms with Crippen LogP contribution in [0.4, 0.5) is 4.39 Å². The summed E-state index contributed by atoms with van der Waals surface area (Å²) in [6.45, 7) is 2.02. The van der Waals surface area contributed by atoms with Crippen molar-refractivity contribution in [3.8, 4) is 16.9 Å². The zero-order valence-electron chi connectivity index (χ0n) is 17.1. The minimum absolute atomic E-state index is 0.140. The van der Waals surface area contributed by atoms with E-state index in [1.807, 2.05) is 0 Å². The predicted molar refractivity (Wildman–Crippen MR) is 122 cm³/mol. The normalized spacial score (nSPS) is 10.8. The Bertz CT molecular complexity index is 1330. The zero-order valence-corrected chi connectivity index (χ0v) is 18.6. The van der Waals surface area contributed by atoms with Gasteiger partial charge in [0.1, 0.15) is 23.8 Å². The lowest BCUT2D eigenvalue weighted by atomic mass is 10.0. The third kappa shape index (κ3) is 4.57. The molecular formula is C25H18BrFO5. The van der Waals surface area contributed by atoms with Gasteiger partial charge in [0.15, 0.2) is 0 Å². The van der Waals surface area contributed by atoms with Crippen molar-refractivity contribution in [1.29, 1.82) is 0 Å². The minimum Gasteiger partial charge on any atom is -0.489 e. The number of carbonyl (C=O) groups is 1. The van der Waals surface area contributed by atoms with Crippen molar-refractivity contribution in [1.82, 2.24) is 0 Å². The molecule has 162 valence electrons. The van der Waals surface area contributed by atoms with Gasteiger partial charge in [-0.05, 0) is 54.4 Å². The molecular weight excluding hydrogens is 479 g/mol. The van der Waals surface area contributed by atoms with E-state index in [-0.39, 0.29) is 41.4 Å². The Morgan fingerprint density at radius 2 is 1.75 bits per heavy atom. The number of ether oxygens (including phenoxy) is 2. The van der Waals surface area contributed by atoms with Crippen molar-refractivity contribution in [2.75, 3.05) is 6.61 Å². The average Bonchev–Trinajstić information content (AvgIpc) is 2.79. The van der Waals surface area contributed by atoms with Gasteiger partial charge in [0.2, 0.25) is 11.2 Å². The van der Waals surface area contributed by atoms with Gasteiger partial charge in [0, 0.05) is 10.5 Å². The van der Waals surface area contributed by atoms with Crippen LogP contribution in [0.15, 0.2) is 80.4 Å². The van der Waals surface area contributed by atoms with Gasteiger partial charge in [-0.2, -0.15) is 0 Å². The highest BCUT2D eigenvalue weighted by Gasteiger charge is 2.23. The molecule has 1 heterocycles. The van der Waals surface area contributed by atoms with E-state index < -0.39 is 5.97 Å². The molecule has 0 atom stereocenters. The van der Waals surface area contributed by atoms with Crippen molar-refractivity contribution in [2.24, 2.45) is 0 Å². The average molecular weight is 497 g/mol. The van der Waals surface area contributed by atoms with E-state index in [2.05, 4.69) is 15.9 Å². The molecule has 7 heteroatoms. The van der Waals surface area contributed by atoms with Crippen LogP contribution in [0.5, 0.6) is 5.75 Å². The van der Waals surface area contributed by atoms with Gasteiger partial charge in [0.25, 0.3) is 0 Å². The summed E-state index contributed by atoms with van der Waals surface area (Å²) >= 11 is 3.37. The second-order valence-corrected chi connectivity index (χ2v) is 7.85. The first-order valence-electron chi connectivity index (χ1n) is 9.87. The maximum Gasteiger partial charge on any atom is 0.375 e. The fraction of sp³-hybridized carbons (Fsp3) is 0.120. The minimum atomic E-state index is -0.720. The summed E-state index contributed by atoms with van der Waals surface area (Å²) in [4.78, 5) is 25.9. The Morgan fingerprint density at radius 3 is 2.44 bits per heavy atom. The van der Waals surface area contributed by atoms with Crippen molar-refractivity contribution in [3.63, 3.8) is 0 Å². The molecule has 3 aromatic carbocycles. The lowest BCUT2D eigenvalue weighted by Crippen LogP contribution is -2.15. The van der Waals surface area contributed by atoms with Gasteiger partial charge in [-0.3, -0.25) is 4.79 Å². The lowest BCUT2D eigenvalue weighted by molar-refractivity contribution is 0.0492. The van der Waals surface area contributed by atoms with Crippen LogP contribution in [-0.4, -0.2) is 12.6 Å². The molecule has 0 spiro atoms. The zero-order chi connectivity index (χ0) is 22.7. The Hall–Kier alpha value is -3.45. The number of hydrogen-bond donors (Lipinski definition) is 0. The smallest absolute Gasteiger partial charge is 0.375 e. The summed E-state index contributed by atoms with van der Waals surface area (Å²) in [7, 11) is 0. The van der Waals surface area contributed by atoms with Crippen LogP contribution < -0.4 is 10.2 Å². The Labute approximate surface area is 191 Å². The van der Waals surface area contributed by atoms with Gasteiger partial charge < -0.3 is 13.9 Å². The van der Waals surface area contributed by atoms with Crippen LogP contribution >= 0.6 is 15.9 Å². The highest BCUT2D eigenvalue weighted by Crippen LogP contribution is 2.28. The van der Waals surface area contributed by atoms with Crippen LogP contribution in [0.3, 0.4) is 0 Å². The molecule has 0 radical (unpaired) electrons. The van der Waals surface area contributed by atoms with Crippen molar-refractivity contribution in [2.45, 2.75) is 13.5 Å². The third-order valence-electron chi connectivity index (χ3n) is 4.78. The van der Waals surface area contributed by atoms with Crippen LogP contribution in [-0.2, 0) is 11.3 Å². The second kappa shape index (κ2) is 9.36. The molecule has 0 aliphatic heterocycles. The molecule has 0 unspecified atom stereocenters. The van der Waals surface area contributed by atoms with Crippen molar-refractivity contribution >= 4 is 32.9 Å². The van der Waals surface area contributed by atoms with Gasteiger partial charge in [-0.25, -0.2) is 9.18 Å². The number of benzene rings is 3. The first-order valence-corrected chi connectivity index (χ1v) is 10.7. The van der Waals surface area contributed by atoms with Crippen molar-refractivity contribution in [3.05, 3.63) is 98.6 Å². The van der Waals surface area contributed by atoms with Crippen LogP contribution in [0.2, 0.25) is 0 Å².